The molecule has 0 amide bonds. The number of piperidine rings is 3. The highest BCUT2D eigenvalue weighted by Crippen LogP contribution is 2.44. The Morgan fingerprint density at radius 3 is 2.31 bits per heavy atom. The fraction of sp³-hybridized carbons (Fsp3) is 0.367. The van der Waals surface area contributed by atoms with Crippen LogP contribution in [-0.2, 0) is 11.3 Å². The summed E-state index contributed by atoms with van der Waals surface area (Å²) in [4.78, 5) is 14.6. The van der Waals surface area contributed by atoms with Gasteiger partial charge in [0.15, 0.2) is 0 Å². The van der Waals surface area contributed by atoms with Crippen molar-refractivity contribution < 1.29 is 14.6 Å². The molecule has 5 atom stereocenters. The second kappa shape index (κ2) is 10.2. The minimum atomic E-state index is -0.710. The Balaban J connectivity index is 1.55. The fourth-order valence-corrected chi connectivity index (χ4v) is 6.29. The van der Waals surface area contributed by atoms with Crippen LogP contribution >= 0.6 is 0 Å². The largest absolute Gasteiger partial charge is 0.496 e. The summed E-state index contributed by atoms with van der Waals surface area (Å²) in [5.74, 6) is 0.543. The van der Waals surface area contributed by atoms with Crippen molar-refractivity contribution in [1.29, 1.82) is 0 Å². The van der Waals surface area contributed by atoms with Gasteiger partial charge in [0, 0.05) is 30.1 Å². The van der Waals surface area contributed by atoms with Gasteiger partial charge in [0.05, 0.1) is 7.11 Å². The third kappa shape index (κ3) is 4.71. The maximum atomic E-state index is 12.3. The lowest BCUT2D eigenvalue weighted by atomic mass is 9.68. The van der Waals surface area contributed by atoms with Crippen LogP contribution in [-0.4, -0.2) is 47.8 Å². The number of aliphatic carboxylic acids is 1. The van der Waals surface area contributed by atoms with E-state index in [2.05, 4.69) is 77.8 Å². The number of hydrogen-bond acceptors (Lipinski definition) is 4. The molecule has 0 radical (unpaired) electrons. The molecule has 0 spiro atoms. The van der Waals surface area contributed by atoms with E-state index in [0.29, 0.717) is 18.9 Å². The number of carbonyl (C=O) groups is 1. The molecular formula is C30H34N2O3. The number of aryl methyl sites for hydroxylation is 1. The van der Waals surface area contributed by atoms with E-state index in [1.165, 1.54) is 16.7 Å². The number of rotatable bonds is 8. The van der Waals surface area contributed by atoms with E-state index in [4.69, 9.17) is 4.74 Å². The first-order valence-electron chi connectivity index (χ1n) is 12.5. The van der Waals surface area contributed by atoms with Crippen molar-refractivity contribution in [3.05, 3.63) is 101 Å². The van der Waals surface area contributed by atoms with E-state index >= 15 is 0 Å². The van der Waals surface area contributed by atoms with E-state index in [1.807, 2.05) is 18.2 Å². The monoisotopic (exact) mass is 470 g/mol. The van der Waals surface area contributed by atoms with Crippen LogP contribution in [0, 0.1) is 12.8 Å². The van der Waals surface area contributed by atoms with E-state index in [-0.39, 0.29) is 18.0 Å². The van der Waals surface area contributed by atoms with Crippen molar-refractivity contribution in [2.45, 2.75) is 50.4 Å². The first-order chi connectivity index (χ1) is 17.1. The van der Waals surface area contributed by atoms with Crippen LogP contribution in [0.1, 0.15) is 41.0 Å². The number of nitrogens with one attached hydrogen (secondary N) is 1. The van der Waals surface area contributed by atoms with Crippen molar-refractivity contribution >= 4 is 5.97 Å². The summed E-state index contributed by atoms with van der Waals surface area (Å²) in [6, 6.07) is 27.1. The Hall–Kier alpha value is -3.15. The number of methoxy groups -OCH3 is 1. The number of fused-ring (bicyclic) bond motifs is 3. The molecule has 5 unspecified atom stereocenters. The molecule has 2 N–H and O–H groups in total. The van der Waals surface area contributed by atoms with Gasteiger partial charge in [-0.05, 0) is 49.4 Å². The minimum absolute atomic E-state index is 0.0317. The van der Waals surface area contributed by atoms with Crippen LogP contribution in [0.15, 0.2) is 78.9 Å². The third-order valence-electron chi connectivity index (χ3n) is 7.85. The minimum Gasteiger partial charge on any atom is -0.496 e. The Morgan fingerprint density at radius 1 is 1.06 bits per heavy atom. The molecule has 2 bridgehead atoms. The van der Waals surface area contributed by atoms with Gasteiger partial charge in [-0.25, -0.2) is 0 Å². The molecule has 0 aromatic heterocycles. The summed E-state index contributed by atoms with van der Waals surface area (Å²) < 4.78 is 5.64. The van der Waals surface area contributed by atoms with E-state index in [0.717, 1.165) is 24.3 Å². The van der Waals surface area contributed by atoms with Crippen LogP contribution in [0.25, 0.3) is 0 Å². The molecule has 3 fully saturated rings. The summed E-state index contributed by atoms with van der Waals surface area (Å²) in [5.41, 5.74) is 4.78. The second-order valence-electron chi connectivity index (χ2n) is 9.89. The Morgan fingerprint density at radius 2 is 1.71 bits per heavy atom. The van der Waals surface area contributed by atoms with Gasteiger partial charge in [-0.1, -0.05) is 78.4 Å². The van der Waals surface area contributed by atoms with Crippen molar-refractivity contribution in [3.63, 3.8) is 0 Å². The number of benzene rings is 3. The number of ether oxygens (including phenoxy) is 1. The van der Waals surface area contributed by atoms with Gasteiger partial charge in [-0.15, -0.1) is 0 Å². The van der Waals surface area contributed by atoms with Crippen molar-refractivity contribution in [2.24, 2.45) is 5.92 Å². The molecule has 3 heterocycles. The molecule has 5 heteroatoms. The molecule has 182 valence electrons. The van der Waals surface area contributed by atoms with Crippen LogP contribution < -0.4 is 10.1 Å². The van der Waals surface area contributed by atoms with Gasteiger partial charge in [-0.2, -0.15) is 0 Å². The summed E-state index contributed by atoms with van der Waals surface area (Å²) in [7, 11) is 1.71. The zero-order valence-electron chi connectivity index (χ0n) is 20.4. The lowest BCUT2D eigenvalue weighted by Gasteiger charge is -2.56. The lowest BCUT2D eigenvalue weighted by Crippen LogP contribution is -2.69. The average molecular weight is 471 g/mol. The number of hydrogen-bond donors (Lipinski definition) is 2. The van der Waals surface area contributed by atoms with Crippen LogP contribution in [0.2, 0.25) is 0 Å². The van der Waals surface area contributed by atoms with E-state index < -0.39 is 12.0 Å². The van der Waals surface area contributed by atoms with E-state index in [1.54, 1.807) is 7.11 Å². The highest BCUT2D eigenvalue weighted by atomic mass is 16.5. The first-order valence-corrected chi connectivity index (χ1v) is 12.5. The van der Waals surface area contributed by atoms with Gasteiger partial charge in [0.1, 0.15) is 11.8 Å². The topological polar surface area (TPSA) is 61.8 Å². The maximum Gasteiger partial charge on any atom is 0.320 e. The van der Waals surface area contributed by atoms with Gasteiger partial charge < -0.3 is 15.2 Å². The average Bonchev–Trinajstić information content (AvgIpc) is 2.89. The van der Waals surface area contributed by atoms with Gasteiger partial charge in [0.25, 0.3) is 0 Å². The van der Waals surface area contributed by atoms with Crippen LogP contribution in [0.5, 0.6) is 5.75 Å². The smallest absolute Gasteiger partial charge is 0.320 e. The summed E-state index contributed by atoms with van der Waals surface area (Å²) in [5, 5.41) is 14.0. The molecule has 3 aliphatic rings. The Kier molecular flexibility index (Phi) is 6.89. The summed E-state index contributed by atoms with van der Waals surface area (Å²) >= 11 is 0. The zero-order chi connectivity index (χ0) is 24.4. The Bertz CT molecular complexity index is 1110. The highest BCUT2D eigenvalue weighted by molar-refractivity contribution is 5.74. The molecule has 3 saturated heterocycles. The van der Waals surface area contributed by atoms with E-state index in [9.17, 15) is 9.90 Å². The molecule has 6 rings (SSSR count). The quantitative estimate of drug-likeness (QED) is 0.493. The van der Waals surface area contributed by atoms with Crippen LogP contribution in [0.4, 0.5) is 0 Å². The molecule has 3 aromatic rings. The highest BCUT2D eigenvalue weighted by Gasteiger charge is 2.52. The third-order valence-corrected chi connectivity index (χ3v) is 7.85. The van der Waals surface area contributed by atoms with Crippen molar-refractivity contribution in [2.75, 3.05) is 13.7 Å². The standard InChI is InChI=1S/C30H34N2O3/c1-20-13-14-26(35-2)24(17-20)19-31-28-23-15-16-32(25(18-23)30(33)34)29(28)27(21-9-5-3-6-10-21)22-11-7-4-8-12-22/h3-14,17,23,25,27-29,31H,15-16,18-19H2,1-2H3,(H,33,34). The molecule has 3 aromatic carbocycles. The van der Waals surface area contributed by atoms with Gasteiger partial charge in [0.2, 0.25) is 0 Å². The predicted octanol–water partition coefficient (Wildman–Crippen LogP) is 4.84. The molecule has 0 aliphatic carbocycles. The fourth-order valence-electron chi connectivity index (χ4n) is 6.29. The zero-order valence-corrected chi connectivity index (χ0v) is 20.4. The second-order valence-corrected chi connectivity index (χ2v) is 9.89. The predicted molar refractivity (Wildman–Crippen MR) is 138 cm³/mol. The van der Waals surface area contributed by atoms with Gasteiger partial charge >= 0.3 is 5.97 Å². The molecule has 3 aliphatic heterocycles. The number of carboxylic acids is 1. The molecule has 35 heavy (non-hydrogen) atoms. The first kappa shape index (κ1) is 23.6. The maximum absolute atomic E-state index is 12.3. The number of nitrogens with zero attached hydrogens (tertiary/aromatic N) is 1. The van der Waals surface area contributed by atoms with Crippen molar-refractivity contribution in [3.8, 4) is 5.75 Å². The van der Waals surface area contributed by atoms with Crippen LogP contribution in [0.3, 0.4) is 0 Å². The normalized spacial score (nSPS) is 25.5. The summed E-state index contributed by atoms with van der Waals surface area (Å²) in [6.45, 7) is 3.59. The Labute approximate surface area is 207 Å². The molecule has 0 saturated carbocycles. The number of carboxylic acid groups (broad SMARTS) is 1. The summed E-state index contributed by atoms with van der Waals surface area (Å²) in [6.07, 6.45) is 1.70. The van der Waals surface area contributed by atoms with Gasteiger partial charge in [-0.3, -0.25) is 9.69 Å². The van der Waals surface area contributed by atoms with Crippen molar-refractivity contribution in [1.82, 2.24) is 10.2 Å². The SMILES string of the molecule is COc1ccc(C)cc1CNC1C2CCN(C(C(=O)O)C2)C1C(c1ccccc1)c1ccccc1. The molecular weight excluding hydrogens is 436 g/mol. The lowest BCUT2D eigenvalue weighted by molar-refractivity contribution is -0.152. The molecule has 5 nitrogen and oxygen atoms in total.